The van der Waals surface area contributed by atoms with E-state index in [-0.39, 0.29) is 5.91 Å². The number of hydrogen-bond donors (Lipinski definition) is 1. The molecule has 1 amide bonds. The standard InChI is InChI=1S/C17H22N4O/c18-11-14-4-7-19-12-16(14)21-8-5-13(6-9-21)10-17(22)20-15-2-1-3-15/h4,7,12-13,15H,1-3,5-6,8-10H2,(H,20,22). The quantitative estimate of drug-likeness (QED) is 0.925. The maximum atomic E-state index is 12.0. The molecule has 22 heavy (non-hydrogen) atoms. The second kappa shape index (κ2) is 6.78. The predicted octanol–water partition coefficient (Wildman–Crippen LogP) is 2.23. The first kappa shape index (κ1) is 14.8. The Morgan fingerprint density at radius 3 is 2.77 bits per heavy atom. The average molecular weight is 298 g/mol. The fourth-order valence-electron chi connectivity index (χ4n) is 3.21. The van der Waals surface area contributed by atoms with Crippen LogP contribution in [0.4, 0.5) is 5.69 Å². The first-order valence-electron chi connectivity index (χ1n) is 8.14. The third kappa shape index (κ3) is 3.38. The topological polar surface area (TPSA) is 69.0 Å². The Labute approximate surface area is 131 Å². The van der Waals surface area contributed by atoms with Crippen LogP contribution in [0.15, 0.2) is 18.5 Å². The smallest absolute Gasteiger partial charge is 0.220 e. The summed E-state index contributed by atoms with van der Waals surface area (Å²) < 4.78 is 0. The van der Waals surface area contributed by atoms with Crippen molar-refractivity contribution in [1.29, 1.82) is 5.26 Å². The third-order valence-corrected chi connectivity index (χ3v) is 4.82. The molecule has 2 fully saturated rings. The summed E-state index contributed by atoms with van der Waals surface area (Å²) in [5, 5.41) is 12.3. The van der Waals surface area contributed by atoms with Crippen molar-refractivity contribution in [3.8, 4) is 6.07 Å². The van der Waals surface area contributed by atoms with Crippen molar-refractivity contribution in [3.63, 3.8) is 0 Å². The minimum Gasteiger partial charge on any atom is -0.369 e. The fourth-order valence-corrected chi connectivity index (χ4v) is 3.21. The normalized spacial score (nSPS) is 19.3. The van der Waals surface area contributed by atoms with Crippen LogP contribution in [0.1, 0.15) is 44.1 Å². The molecule has 5 heteroatoms. The number of nitrogens with one attached hydrogen (secondary N) is 1. The molecular weight excluding hydrogens is 276 g/mol. The lowest BCUT2D eigenvalue weighted by molar-refractivity contribution is -0.123. The Balaban J connectivity index is 1.49. The molecule has 1 saturated heterocycles. The Kier molecular flexibility index (Phi) is 4.57. The number of hydrogen-bond acceptors (Lipinski definition) is 4. The van der Waals surface area contributed by atoms with E-state index in [1.807, 2.05) is 0 Å². The summed E-state index contributed by atoms with van der Waals surface area (Å²) in [4.78, 5) is 18.3. The molecule has 5 nitrogen and oxygen atoms in total. The van der Waals surface area contributed by atoms with E-state index in [1.165, 1.54) is 6.42 Å². The van der Waals surface area contributed by atoms with Gasteiger partial charge in [0.2, 0.25) is 5.91 Å². The van der Waals surface area contributed by atoms with Gasteiger partial charge < -0.3 is 10.2 Å². The van der Waals surface area contributed by atoms with Crippen molar-refractivity contribution < 1.29 is 4.79 Å². The minimum absolute atomic E-state index is 0.210. The van der Waals surface area contributed by atoms with Crippen molar-refractivity contribution in [2.24, 2.45) is 5.92 Å². The molecule has 1 saturated carbocycles. The van der Waals surface area contributed by atoms with E-state index < -0.39 is 0 Å². The number of pyridine rings is 1. The zero-order chi connectivity index (χ0) is 15.4. The number of amides is 1. The van der Waals surface area contributed by atoms with Gasteiger partial charge in [-0.25, -0.2) is 0 Å². The molecule has 0 spiro atoms. The molecular formula is C17H22N4O. The zero-order valence-corrected chi connectivity index (χ0v) is 12.8. The number of anilines is 1. The lowest BCUT2D eigenvalue weighted by Gasteiger charge is -2.34. The van der Waals surface area contributed by atoms with Crippen molar-refractivity contribution in [2.75, 3.05) is 18.0 Å². The van der Waals surface area contributed by atoms with E-state index in [0.29, 0.717) is 23.9 Å². The summed E-state index contributed by atoms with van der Waals surface area (Å²) in [5.74, 6) is 0.667. The number of carbonyl (C=O) groups is 1. The summed E-state index contributed by atoms with van der Waals surface area (Å²) in [6.07, 6.45) is 9.58. The van der Waals surface area contributed by atoms with Crippen molar-refractivity contribution in [2.45, 2.75) is 44.6 Å². The Hall–Kier alpha value is -2.09. The predicted molar refractivity (Wildman–Crippen MR) is 84.3 cm³/mol. The molecule has 1 aliphatic carbocycles. The molecule has 3 rings (SSSR count). The molecule has 0 radical (unpaired) electrons. The van der Waals surface area contributed by atoms with Gasteiger partial charge in [0.05, 0.1) is 17.4 Å². The van der Waals surface area contributed by atoms with E-state index >= 15 is 0 Å². The lowest BCUT2D eigenvalue weighted by atomic mass is 9.90. The van der Waals surface area contributed by atoms with E-state index in [9.17, 15) is 10.1 Å². The highest BCUT2D eigenvalue weighted by Crippen LogP contribution is 2.27. The van der Waals surface area contributed by atoms with Crippen LogP contribution in [-0.4, -0.2) is 30.0 Å². The molecule has 0 atom stereocenters. The molecule has 2 aliphatic rings. The molecule has 1 aromatic rings. The van der Waals surface area contributed by atoms with E-state index in [4.69, 9.17) is 0 Å². The van der Waals surface area contributed by atoms with Gasteiger partial charge in [0.25, 0.3) is 0 Å². The van der Waals surface area contributed by atoms with E-state index in [1.54, 1.807) is 18.5 Å². The van der Waals surface area contributed by atoms with Crippen LogP contribution in [0.5, 0.6) is 0 Å². The SMILES string of the molecule is N#Cc1ccncc1N1CCC(CC(=O)NC2CCC2)CC1. The van der Waals surface area contributed by atoms with Crippen molar-refractivity contribution >= 4 is 11.6 Å². The van der Waals surface area contributed by atoms with Crippen LogP contribution in [0.3, 0.4) is 0 Å². The van der Waals surface area contributed by atoms with Crippen LogP contribution in [0.25, 0.3) is 0 Å². The Morgan fingerprint density at radius 1 is 1.36 bits per heavy atom. The first-order valence-corrected chi connectivity index (χ1v) is 8.14. The van der Waals surface area contributed by atoms with Crippen LogP contribution < -0.4 is 10.2 Å². The summed E-state index contributed by atoms with van der Waals surface area (Å²) in [6, 6.07) is 4.41. The highest BCUT2D eigenvalue weighted by atomic mass is 16.1. The van der Waals surface area contributed by atoms with Crippen molar-refractivity contribution in [1.82, 2.24) is 10.3 Å². The van der Waals surface area contributed by atoms with Gasteiger partial charge in [0, 0.05) is 31.7 Å². The largest absolute Gasteiger partial charge is 0.369 e. The van der Waals surface area contributed by atoms with Crippen LogP contribution in [0.2, 0.25) is 0 Å². The minimum atomic E-state index is 0.210. The first-order chi connectivity index (χ1) is 10.8. The van der Waals surface area contributed by atoms with Gasteiger partial charge >= 0.3 is 0 Å². The Bertz CT molecular complexity index is 568. The van der Waals surface area contributed by atoms with Gasteiger partial charge in [-0.2, -0.15) is 5.26 Å². The zero-order valence-electron chi connectivity index (χ0n) is 12.8. The van der Waals surface area contributed by atoms with E-state index in [0.717, 1.165) is 44.5 Å². The monoisotopic (exact) mass is 298 g/mol. The molecule has 1 aliphatic heterocycles. The Morgan fingerprint density at radius 2 is 2.14 bits per heavy atom. The van der Waals surface area contributed by atoms with Crippen molar-refractivity contribution in [3.05, 3.63) is 24.0 Å². The summed E-state index contributed by atoms with van der Waals surface area (Å²) in [6.45, 7) is 1.78. The highest BCUT2D eigenvalue weighted by molar-refractivity contribution is 5.76. The fraction of sp³-hybridized carbons (Fsp3) is 0.588. The average Bonchev–Trinajstić information content (AvgIpc) is 2.52. The third-order valence-electron chi connectivity index (χ3n) is 4.82. The van der Waals surface area contributed by atoms with Gasteiger partial charge in [-0.15, -0.1) is 0 Å². The maximum Gasteiger partial charge on any atom is 0.220 e. The van der Waals surface area contributed by atoms with E-state index in [2.05, 4.69) is 21.3 Å². The number of carbonyl (C=O) groups excluding carboxylic acids is 1. The number of nitrogens with zero attached hydrogens (tertiary/aromatic N) is 3. The van der Waals surface area contributed by atoms with Crippen LogP contribution >= 0.6 is 0 Å². The lowest BCUT2D eigenvalue weighted by Crippen LogP contribution is -2.41. The number of nitriles is 1. The highest BCUT2D eigenvalue weighted by Gasteiger charge is 2.25. The second-order valence-electron chi connectivity index (χ2n) is 6.33. The second-order valence-corrected chi connectivity index (χ2v) is 6.33. The van der Waals surface area contributed by atoms with Crippen LogP contribution in [-0.2, 0) is 4.79 Å². The molecule has 0 unspecified atom stereocenters. The number of rotatable bonds is 4. The van der Waals surface area contributed by atoms with Gasteiger partial charge in [-0.3, -0.25) is 9.78 Å². The van der Waals surface area contributed by atoms with Crippen LogP contribution in [0, 0.1) is 17.2 Å². The van der Waals surface area contributed by atoms with Gasteiger partial charge in [-0.1, -0.05) is 0 Å². The molecule has 2 heterocycles. The number of piperidine rings is 1. The molecule has 0 bridgehead atoms. The van der Waals surface area contributed by atoms with Gasteiger partial charge in [-0.05, 0) is 44.1 Å². The summed E-state index contributed by atoms with van der Waals surface area (Å²) in [5.41, 5.74) is 1.60. The maximum absolute atomic E-state index is 12.0. The van der Waals surface area contributed by atoms with Gasteiger partial charge in [0.1, 0.15) is 6.07 Å². The summed E-state index contributed by atoms with van der Waals surface area (Å²) >= 11 is 0. The summed E-state index contributed by atoms with van der Waals surface area (Å²) in [7, 11) is 0. The molecule has 116 valence electrons. The molecule has 1 N–H and O–H groups in total. The molecule has 0 aromatic carbocycles. The van der Waals surface area contributed by atoms with Gasteiger partial charge in [0.15, 0.2) is 0 Å². The molecule has 1 aromatic heterocycles. The number of aromatic nitrogens is 1.